The SMILES string of the molecule is CCCNC(Cn1cncn1)(C(N)=O)c1ccccc1. The Morgan fingerprint density at radius 3 is 2.70 bits per heavy atom. The number of hydrogen-bond donors (Lipinski definition) is 2. The smallest absolute Gasteiger partial charge is 0.244 e. The lowest BCUT2D eigenvalue weighted by Gasteiger charge is -2.32. The number of benzene rings is 1. The Bertz CT molecular complexity index is 540. The molecule has 106 valence electrons. The van der Waals surface area contributed by atoms with Crippen molar-refractivity contribution in [2.45, 2.75) is 25.4 Å². The molecule has 2 aromatic rings. The molecule has 1 unspecified atom stereocenters. The molecule has 1 aromatic carbocycles. The fourth-order valence-corrected chi connectivity index (χ4v) is 2.17. The van der Waals surface area contributed by atoms with E-state index >= 15 is 0 Å². The van der Waals surface area contributed by atoms with Crippen LogP contribution in [-0.2, 0) is 16.9 Å². The summed E-state index contributed by atoms with van der Waals surface area (Å²) in [6, 6.07) is 9.48. The van der Waals surface area contributed by atoms with Crippen molar-refractivity contribution < 1.29 is 4.79 Å². The Morgan fingerprint density at radius 1 is 1.40 bits per heavy atom. The first-order valence-corrected chi connectivity index (χ1v) is 6.62. The first-order chi connectivity index (χ1) is 9.69. The topological polar surface area (TPSA) is 85.8 Å². The number of carbonyl (C=O) groups is 1. The van der Waals surface area contributed by atoms with Gasteiger partial charge in [0.2, 0.25) is 5.91 Å². The molecule has 1 amide bonds. The fourth-order valence-electron chi connectivity index (χ4n) is 2.17. The number of aromatic nitrogens is 3. The Kier molecular flexibility index (Phi) is 4.47. The Hall–Kier alpha value is -2.21. The van der Waals surface area contributed by atoms with Gasteiger partial charge in [-0.1, -0.05) is 37.3 Å². The third-order valence-corrected chi connectivity index (χ3v) is 3.23. The van der Waals surface area contributed by atoms with E-state index in [4.69, 9.17) is 5.73 Å². The van der Waals surface area contributed by atoms with Gasteiger partial charge in [-0.15, -0.1) is 0 Å². The average Bonchev–Trinajstić information content (AvgIpc) is 2.97. The number of nitrogens with zero attached hydrogens (tertiary/aromatic N) is 3. The van der Waals surface area contributed by atoms with Gasteiger partial charge in [-0.3, -0.25) is 14.8 Å². The van der Waals surface area contributed by atoms with Crippen molar-refractivity contribution in [1.29, 1.82) is 0 Å². The van der Waals surface area contributed by atoms with E-state index in [2.05, 4.69) is 15.4 Å². The summed E-state index contributed by atoms with van der Waals surface area (Å²) in [5.41, 5.74) is 5.55. The van der Waals surface area contributed by atoms with E-state index in [1.54, 1.807) is 11.0 Å². The van der Waals surface area contributed by atoms with Crippen LogP contribution in [0, 0.1) is 0 Å². The molecule has 1 aromatic heterocycles. The highest BCUT2D eigenvalue weighted by molar-refractivity contribution is 5.86. The number of hydrogen-bond acceptors (Lipinski definition) is 4. The van der Waals surface area contributed by atoms with E-state index in [1.807, 2.05) is 37.3 Å². The highest BCUT2D eigenvalue weighted by Crippen LogP contribution is 2.23. The monoisotopic (exact) mass is 273 g/mol. The van der Waals surface area contributed by atoms with Crippen LogP contribution in [0.15, 0.2) is 43.0 Å². The number of nitrogens with one attached hydrogen (secondary N) is 1. The first-order valence-electron chi connectivity index (χ1n) is 6.62. The van der Waals surface area contributed by atoms with E-state index in [9.17, 15) is 4.79 Å². The third-order valence-electron chi connectivity index (χ3n) is 3.23. The lowest BCUT2D eigenvalue weighted by atomic mass is 9.88. The molecule has 0 fully saturated rings. The lowest BCUT2D eigenvalue weighted by molar-refractivity contribution is -0.125. The van der Waals surface area contributed by atoms with Gasteiger partial charge in [-0.2, -0.15) is 5.10 Å². The number of nitrogens with two attached hydrogens (primary N) is 1. The number of amides is 1. The van der Waals surface area contributed by atoms with Gasteiger partial charge in [0, 0.05) is 0 Å². The molecule has 0 bridgehead atoms. The number of carbonyl (C=O) groups excluding carboxylic acids is 1. The maximum absolute atomic E-state index is 12.2. The van der Waals surface area contributed by atoms with Gasteiger partial charge in [-0.05, 0) is 18.5 Å². The molecule has 6 heteroatoms. The molecule has 0 aliphatic heterocycles. The van der Waals surface area contributed by atoms with Crippen molar-refractivity contribution >= 4 is 5.91 Å². The standard InChI is InChI=1S/C14H19N5O/c1-2-8-17-14(13(15)20,9-19-11-16-10-18-19)12-6-4-3-5-7-12/h3-7,10-11,17H,2,8-9H2,1H3,(H2,15,20). The fraction of sp³-hybridized carbons (Fsp3) is 0.357. The molecule has 0 spiro atoms. The second kappa shape index (κ2) is 6.29. The summed E-state index contributed by atoms with van der Waals surface area (Å²) in [5, 5.41) is 7.35. The maximum atomic E-state index is 12.2. The van der Waals surface area contributed by atoms with Crippen LogP contribution >= 0.6 is 0 Å². The molecule has 6 nitrogen and oxygen atoms in total. The molecule has 1 atom stereocenters. The minimum atomic E-state index is -0.981. The molecule has 1 heterocycles. The van der Waals surface area contributed by atoms with Crippen molar-refractivity contribution in [1.82, 2.24) is 20.1 Å². The van der Waals surface area contributed by atoms with E-state index < -0.39 is 11.4 Å². The summed E-state index contributed by atoms with van der Waals surface area (Å²) in [6.07, 6.45) is 3.92. The number of primary amides is 1. The quantitative estimate of drug-likeness (QED) is 0.776. The lowest BCUT2D eigenvalue weighted by Crippen LogP contribution is -2.55. The van der Waals surface area contributed by atoms with Crippen molar-refractivity contribution in [3.63, 3.8) is 0 Å². The average molecular weight is 273 g/mol. The number of rotatable bonds is 7. The van der Waals surface area contributed by atoms with Crippen LogP contribution in [0.4, 0.5) is 0 Å². The van der Waals surface area contributed by atoms with E-state index in [0.29, 0.717) is 13.1 Å². The van der Waals surface area contributed by atoms with Gasteiger partial charge in [0.05, 0.1) is 6.54 Å². The molecule has 0 saturated carbocycles. The zero-order valence-corrected chi connectivity index (χ0v) is 11.5. The largest absolute Gasteiger partial charge is 0.368 e. The van der Waals surface area contributed by atoms with E-state index in [1.165, 1.54) is 6.33 Å². The Balaban J connectivity index is 2.41. The molecule has 0 aliphatic carbocycles. The molecule has 0 radical (unpaired) electrons. The molecule has 2 rings (SSSR count). The van der Waals surface area contributed by atoms with Gasteiger partial charge in [0.1, 0.15) is 18.2 Å². The van der Waals surface area contributed by atoms with Crippen molar-refractivity contribution in [2.24, 2.45) is 5.73 Å². The second-order valence-electron chi connectivity index (χ2n) is 4.66. The van der Waals surface area contributed by atoms with Crippen LogP contribution in [0.3, 0.4) is 0 Å². The van der Waals surface area contributed by atoms with E-state index in [-0.39, 0.29) is 0 Å². The van der Waals surface area contributed by atoms with Crippen LogP contribution < -0.4 is 11.1 Å². The minimum Gasteiger partial charge on any atom is -0.368 e. The molecule has 0 saturated heterocycles. The molecular weight excluding hydrogens is 254 g/mol. The maximum Gasteiger partial charge on any atom is 0.244 e. The van der Waals surface area contributed by atoms with Crippen molar-refractivity contribution in [3.8, 4) is 0 Å². The van der Waals surface area contributed by atoms with Crippen LogP contribution in [-0.4, -0.2) is 27.2 Å². The van der Waals surface area contributed by atoms with Crippen molar-refractivity contribution in [3.05, 3.63) is 48.5 Å². The second-order valence-corrected chi connectivity index (χ2v) is 4.66. The van der Waals surface area contributed by atoms with Crippen LogP contribution in [0.1, 0.15) is 18.9 Å². The van der Waals surface area contributed by atoms with Crippen LogP contribution in [0.2, 0.25) is 0 Å². The zero-order valence-electron chi connectivity index (χ0n) is 11.5. The van der Waals surface area contributed by atoms with Gasteiger partial charge in [0.15, 0.2) is 0 Å². The summed E-state index contributed by atoms with van der Waals surface area (Å²) in [5.74, 6) is -0.423. The third kappa shape index (κ3) is 2.85. The molecule has 20 heavy (non-hydrogen) atoms. The summed E-state index contributed by atoms with van der Waals surface area (Å²) >= 11 is 0. The Labute approximate surface area is 118 Å². The summed E-state index contributed by atoms with van der Waals surface area (Å²) < 4.78 is 1.61. The van der Waals surface area contributed by atoms with Crippen LogP contribution in [0.25, 0.3) is 0 Å². The zero-order chi connectivity index (χ0) is 14.4. The van der Waals surface area contributed by atoms with Crippen molar-refractivity contribution in [2.75, 3.05) is 6.54 Å². The van der Waals surface area contributed by atoms with Gasteiger partial charge in [0.25, 0.3) is 0 Å². The molecule has 3 N–H and O–H groups in total. The van der Waals surface area contributed by atoms with Gasteiger partial charge in [-0.25, -0.2) is 4.98 Å². The Morgan fingerprint density at radius 2 is 2.15 bits per heavy atom. The normalized spacial score (nSPS) is 13.8. The van der Waals surface area contributed by atoms with Gasteiger partial charge < -0.3 is 5.73 Å². The molecular formula is C14H19N5O. The summed E-state index contributed by atoms with van der Waals surface area (Å²) in [6.45, 7) is 3.04. The van der Waals surface area contributed by atoms with Crippen LogP contribution in [0.5, 0.6) is 0 Å². The summed E-state index contributed by atoms with van der Waals surface area (Å²) in [4.78, 5) is 16.1. The first kappa shape index (κ1) is 14.2. The predicted molar refractivity (Wildman–Crippen MR) is 75.6 cm³/mol. The summed E-state index contributed by atoms with van der Waals surface area (Å²) in [7, 11) is 0. The molecule has 0 aliphatic rings. The van der Waals surface area contributed by atoms with E-state index in [0.717, 1.165) is 12.0 Å². The predicted octanol–water partition coefficient (Wildman–Crippen LogP) is 0.659. The highest BCUT2D eigenvalue weighted by atomic mass is 16.1. The minimum absolute atomic E-state index is 0.312. The highest BCUT2D eigenvalue weighted by Gasteiger charge is 2.38. The van der Waals surface area contributed by atoms with Gasteiger partial charge >= 0.3 is 0 Å².